The highest BCUT2D eigenvalue weighted by Gasteiger charge is 2.62. The Morgan fingerprint density at radius 1 is 0.783 bits per heavy atom. The van der Waals surface area contributed by atoms with Crippen molar-refractivity contribution in [3.63, 3.8) is 0 Å². The second-order valence-electron chi connectivity index (χ2n) is 6.85. The Balaban J connectivity index is 1.52. The summed E-state index contributed by atoms with van der Waals surface area (Å²) in [6.07, 6.45) is 6.62. The summed E-state index contributed by atoms with van der Waals surface area (Å²) < 4.78 is 13.2. The maximum absolute atomic E-state index is 6.59. The number of allylic oxidation sites excluding steroid dienone is 2. The molecule has 4 atom stereocenters. The van der Waals surface area contributed by atoms with Crippen molar-refractivity contribution in [3.8, 4) is 0 Å². The number of hydrogen-bond acceptors (Lipinski definition) is 2. The van der Waals surface area contributed by atoms with Crippen LogP contribution in [0.3, 0.4) is 0 Å². The monoisotopic (exact) mass is 304 g/mol. The van der Waals surface area contributed by atoms with Gasteiger partial charge in [-0.3, -0.25) is 0 Å². The van der Waals surface area contributed by atoms with Crippen LogP contribution in [0.15, 0.2) is 72.8 Å². The van der Waals surface area contributed by atoms with Gasteiger partial charge in [0.05, 0.1) is 0 Å². The maximum Gasteiger partial charge on any atom is 0.174 e. The maximum atomic E-state index is 6.59. The quantitative estimate of drug-likeness (QED) is 0.741. The van der Waals surface area contributed by atoms with E-state index in [1.54, 1.807) is 0 Å². The minimum Gasteiger partial charge on any atom is -0.339 e. The Bertz CT molecular complexity index is 675. The summed E-state index contributed by atoms with van der Waals surface area (Å²) in [7, 11) is 0. The molecule has 2 aromatic rings. The van der Waals surface area contributed by atoms with Crippen LogP contribution in [0.5, 0.6) is 0 Å². The largest absolute Gasteiger partial charge is 0.339 e. The van der Waals surface area contributed by atoms with Gasteiger partial charge in [-0.2, -0.15) is 0 Å². The third kappa shape index (κ3) is 2.02. The van der Waals surface area contributed by atoms with E-state index < -0.39 is 5.79 Å². The van der Waals surface area contributed by atoms with Crippen molar-refractivity contribution in [1.82, 2.24) is 0 Å². The van der Waals surface area contributed by atoms with Crippen LogP contribution in [0.1, 0.15) is 36.2 Å². The molecule has 2 nitrogen and oxygen atoms in total. The van der Waals surface area contributed by atoms with Gasteiger partial charge in [0.2, 0.25) is 0 Å². The highest BCUT2D eigenvalue weighted by atomic mass is 16.8. The average Bonchev–Trinajstić information content (AvgIpc) is 3.19. The summed E-state index contributed by atoms with van der Waals surface area (Å²) in [6, 6.07) is 21.0. The number of benzene rings is 2. The highest BCUT2D eigenvalue weighted by Crippen LogP contribution is 2.62. The van der Waals surface area contributed by atoms with Crippen LogP contribution in [-0.2, 0) is 9.47 Å². The summed E-state index contributed by atoms with van der Waals surface area (Å²) in [5.74, 6) is 0.734. The van der Waals surface area contributed by atoms with Crippen molar-refractivity contribution in [2.75, 3.05) is 0 Å². The Morgan fingerprint density at radius 2 is 1.35 bits per heavy atom. The van der Waals surface area contributed by atoms with Crippen molar-refractivity contribution in [1.29, 1.82) is 0 Å². The Labute approximate surface area is 136 Å². The first-order valence-corrected chi connectivity index (χ1v) is 8.48. The molecule has 1 saturated carbocycles. The summed E-state index contributed by atoms with van der Waals surface area (Å²) >= 11 is 0. The van der Waals surface area contributed by atoms with E-state index >= 15 is 0 Å². The van der Waals surface area contributed by atoms with E-state index in [0.717, 1.165) is 12.8 Å². The number of rotatable bonds is 2. The molecule has 3 aliphatic rings. The molecule has 2 fully saturated rings. The number of hydrogen-bond donors (Lipinski definition) is 0. The fourth-order valence-electron chi connectivity index (χ4n) is 4.37. The average molecular weight is 304 g/mol. The molecule has 23 heavy (non-hydrogen) atoms. The van der Waals surface area contributed by atoms with Gasteiger partial charge in [-0.25, -0.2) is 0 Å². The van der Waals surface area contributed by atoms with E-state index in [0.29, 0.717) is 11.8 Å². The van der Waals surface area contributed by atoms with Gasteiger partial charge in [-0.15, -0.1) is 0 Å². The lowest BCUT2D eigenvalue weighted by Gasteiger charge is -2.48. The van der Waals surface area contributed by atoms with Crippen molar-refractivity contribution < 1.29 is 9.47 Å². The van der Waals surface area contributed by atoms with E-state index in [1.165, 1.54) is 11.1 Å². The molecular weight excluding hydrogens is 284 g/mol. The molecule has 0 bridgehead atoms. The van der Waals surface area contributed by atoms with Gasteiger partial charge in [0.1, 0.15) is 12.2 Å². The normalized spacial score (nSPS) is 33.6. The first-order valence-electron chi connectivity index (χ1n) is 8.48. The van der Waals surface area contributed by atoms with Crippen molar-refractivity contribution in [2.24, 2.45) is 11.8 Å². The smallest absolute Gasteiger partial charge is 0.174 e. The lowest BCUT2D eigenvalue weighted by molar-refractivity contribution is -0.276. The Hall–Kier alpha value is -1.90. The molecular formula is C21H20O2. The fourth-order valence-corrected chi connectivity index (χ4v) is 4.37. The predicted octanol–water partition coefficient (Wildman–Crippen LogP) is 4.81. The molecule has 1 aliphatic heterocycles. The SMILES string of the molecule is C1=C[C@@H]2CC3(O[C@@H](c4ccccc4)[C@H](c4ccccc4)O3)[C@@H]2C1. The van der Waals surface area contributed by atoms with Crippen LogP contribution in [0.2, 0.25) is 0 Å². The van der Waals surface area contributed by atoms with Gasteiger partial charge in [-0.1, -0.05) is 72.8 Å². The van der Waals surface area contributed by atoms with Gasteiger partial charge >= 0.3 is 0 Å². The third-order valence-electron chi connectivity index (χ3n) is 5.56. The second-order valence-corrected chi connectivity index (χ2v) is 6.85. The van der Waals surface area contributed by atoms with Crippen LogP contribution in [0, 0.1) is 11.8 Å². The van der Waals surface area contributed by atoms with Crippen LogP contribution in [0.4, 0.5) is 0 Å². The van der Waals surface area contributed by atoms with Crippen LogP contribution in [-0.4, -0.2) is 5.79 Å². The number of ether oxygens (including phenoxy) is 2. The second kappa shape index (κ2) is 5.05. The van der Waals surface area contributed by atoms with Gasteiger partial charge in [0.25, 0.3) is 0 Å². The molecule has 2 aromatic carbocycles. The van der Waals surface area contributed by atoms with Crippen LogP contribution >= 0.6 is 0 Å². The van der Waals surface area contributed by atoms with Gasteiger partial charge in [-0.05, 0) is 23.5 Å². The van der Waals surface area contributed by atoms with E-state index in [2.05, 4.69) is 60.7 Å². The van der Waals surface area contributed by atoms with Crippen molar-refractivity contribution in [3.05, 3.63) is 83.9 Å². The molecule has 116 valence electrons. The van der Waals surface area contributed by atoms with Crippen molar-refractivity contribution >= 4 is 0 Å². The summed E-state index contributed by atoms with van der Waals surface area (Å²) in [5, 5.41) is 0. The van der Waals surface area contributed by atoms with E-state index in [4.69, 9.17) is 9.47 Å². The Morgan fingerprint density at radius 3 is 1.87 bits per heavy atom. The first kappa shape index (κ1) is 13.5. The van der Waals surface area contributed by atoms with Gasteiger partial charge in [0, 0.05) is 12.3 Å². The van der Waals surface area contributed by atoms with Gasteiger partial charge in [0.15, 0.2) is 5.79 Å². The topological polar surface area (TPSA) is 18.5 Å². The van der Waals surface area contributed by atoms with E-state index in [9.17, 15) is 0 Å². The molecule has 0 N–H and O–H groups in total. The summed E-state index contributed by atoms with van der Waals surface area (Å²) in [5.41, 5.74) is 2.40. The fraction of sp³-hybridized carbons (Fsp3) is 0.333. The zero-order valence-corrected chi connectivity index (χ0v) is 13.0. The van der Waals surface area contributed by atoms with Gasteiger partial charge < -0.3 is 9.47 Å². The standard InChI is InChI=1S/C21H20O2/c1-3-8-15(9-4-1)19-20(16-10-5-2-6-11-16)23-21(22-19)14-17-12-7-13-18(17)21/h1-12,17-20H,13-14H2/t17-,18-,19+,20+/m1/s1. The van der Waals surface area contributed by atoms with Crippen molar-refractivity contribution in [2.45, 2.75) is 30.8 Å². The molecule has 0 aromatic heterocycles. The zero-order valence-electron chi connectivity index (χ0n) is 13.0. The highest BCUT2D eigenvalue weighted by molar-refractivity contribution is 5.28. The summed E-state index contributed by atoms with van der Waals surface area (Å²) in [6.45, 7) is 0. The molecule has 1 saturated heterocycles. The Kier molecular flexibility index (Phi) is 2.97. The third-order valence-corrected chi connectivity index (χ3v) is 5.56. The lowest BCUT2D eigenvalue weighted by atomic mass is 9.70. The molecule has 0 amide bonds. The molecule has 0 radical (unpaired) electrons. The molecule has 0 unspecified atom stereocenters. The molecule has 2 heteroatoms. The minimum atomic E-state index is -0.394. The summed E-state index contributed by atoms with van der Waals surface area (Å²) in [4.78, 5) is 0. The zero-order chi connectivity index (χ0) is 15.3. The minimum absolute atomic E-state index is 0.0276. The van der Waals surface area contributed by atoms with E-state index in [-0.39, 0.29) is 12.2 Å². The lowest BCUT2D eigenvalue weighted by Crippen LogP contribution is -2.52. The molecule has 1 heterocycles. The van der Waals surface area contributed by atoms with Crippen LogP contribution < -0.4 is 0 Å². The number of fused-ring (bicyclic) bond motifs is 2. The predicted molar refractivity (Wildman–Crippen MR) is 88.6 cm³/mol. The van der Waals surface area contributed by atoms with Crippen LogP contribution in [0.25, 0.3) is 0 Å². The molecule has 5 rings (SSSR count). The van der Waals surface area contributed by atoms with E-state index in [1.807, 2.05) is 12.1 Å². The molecule has 1 spiro atoms. The molecule has 2 aliphatic carbocycles. The first-order chi connectivity index (χ1) is 11.4.